The molecule has 1 saturated heterocycles. The van der Waals surface area contributed by atoms with Crippen LogP contribution in [0.5, 0.6) is 0 Å². The Morgan fingerprint density at radius 2 is 2.15 bits per heavy atom. The van der Waals surface area contributed by atoms with E-state index in [1.54, 1.807) is 11.3 Å². The Morgan fingerprint density at radius 3 is 2.85 bits per heavy atom. The molecule has 0 atom stereocenters. The van der Waals surface area contributed by atoms with Gasteiger partial charge in [0.1, 0.15) is 0 Å². The zero-order chi connectivity index (χ0) is 14.4. The number of anilines is 1. The predicted octanol–water partition coefficient (Wildman–Crippen LogP) is 2.55. The molecule has 2 heterocycles. The highest BCUT2D eigenvalue weighted by Gasteiger charge is 2.15. The van der Waals surface area contributed by atoms with Gasteiger partial charge in [-0.05, 0) is 25.5 Å². The third-order valence-electron chi connectivity index (χ3n) is 3.19. The second-order valence-electron chi connectivity index (χ2n) is 5.50. The quantitative estimate of drug-likeness (QED) is 0.819. The van der Waals surface area contributed by atoms with Crippen LogP contribution in [0.25, 0.3) is 6.08 Å². The summed E-state index contributed by atoms with van der Waals surface area (Å²) in [7, 11) is 0. The van der Waals surface area contributed by atoms with E-state index in [9.17, 15) is 0 Å². The summed E-state index contributed by atoms with van der Waals surface area (Å²) in [4.78, 5) is 8.26. The maximum atomic E-state index is 5.38. The van der Waals surface area contributed by atoms with E-state index in [0.29, 0.717) is 5.92 Å². The number of aromatic nitrogens is 1. The summed E-state index contributed by atoms with van der Waals surface area (Å²) < 4.78 is 5.38. The van der Waals surface area contributed by atoms with E-state index >= 15 is 0 Å². The van der Waals surface area contributed by atoms with Crippen molar-refractivity contribution in [1.29, 1.82) is 0 Å². The Balaban J connectivity index is 1.88. The third-order valence-corrected chi connectivity index (χ3v) is 4.37. The van der Waals surface area contributed by atoms with E-state index in [0.717, 1.165) is 50.2 Å². The van der Waals surface area contributed by atoms with Crippen LogP contribution < -0.4 is 10.2 Å². The summed E-state index contributed by atoms with van der Waals surface area (Å²) in [6, 6.07) is 0. The lowest BCUT2D eigenvalue weighted by Crippen LogP contribution is -2.36. The number of nitrogens with one attached hydrogen (secondary N) is 1. The molecule has 1 aromatic heterocycles. The van der Waals surface area contributed by atoms with Crippen LogP contribution in [-0.4, -0.2) is 44.4 Å². The van der Waals surface area contributed by atoms with Crippen molar-refractivity contribution in [3.05, 3.63) is 16.6 Å². The third kappa shape index (κ3) is 4.58. The molecular weight excluding hydrogens is 270 g/mol. The molecule has 1 fully saturated rings. The summed E-state index contributed by atoms with van der Waals surface area (Å²) in [6.07, 6.45) is 4.37. The van der Waals surface area contributed by atoms with E-state index in [4.69, 9.17) is 4.74 Å². The Hall–Kier alpha value is -0.910. The Bertz CT molecular complexity index is 436. The number of nitrogens with zero attached hydrogens (tertiary/aromatic N) is 2. The first-order chi connectivity index (χ1) is 9.66. The van der Waals surface area contributed by atoms with Crippen LogP contribution in [0, 0.1) is 12.8 Å². The number of aryl methyl sites for hydroxylation is 1. The van der Waals surface area contributed by atoms with Crippen molar-refractivity contribution in [2.24, 2.45) is 5.92 Å². The Labute approximate surface area is 125 Å². The second-order valence-corrected chi connectivity index (χ2v) is 6.51. The summed E-state index contributed by atoms with van der Waals surface area (Å²) in [5, 5.41) is 4.54. The minimum Gasteiger partial charge on any atom is -0.378 e. The number of hydrogen-bond donors (Lipinski definition) is 1. The van der Waals surface area contributed by atoms with Crippen molar-refractivity contribution in [2.75, 3.05) is 44.3 Å². The van der Waals surface area contributed by atoms with Crippen LogP contribution >= 0.6 is 11.3 Å². The number of rotatable bonds is 6. The van der Waals surface area contributed by atoms with Gasteiger partial charge in [0.25, 0.3) is 0 Å². The number of morpholine rings is 1. The molecule has 1 aliphatic rings. The van der Waals surface area contributed by atoms with Gasteiger partial charge < -0.3 is 15.0 Å². The lowest BCUT2D eigenvalue weighted by Gasteiger charge is -2.25. The zero-order valence-electron chi connectivity index (χ0n) is 12.7. The largest absolute Gasteiger partial charge is 0.378 e. The molecule has 0 bridgehead atoms. The van der Waals surface area contributed by atoms with Gasteiger partial charge in [0.15, 0.2) is 5.13 Å². The molecule has 0 aromatic carbocycles. The van der Waals surface area contributed by atoms with Gasteiger partial charge in [-0.15, -0.1) is 0 Å². The molecule has 1 N–H and O–H groups in total. The summed E-state index contributed by atoms with van der Waals surface area (Å²) >= 11 is 1.78. The SMILES string of the molecule is Cc1nc(N2CCOCC2)sc1C=CCNCC(C)C. The molecule has 2 rings (SSSR count). The number of thiazole rings is 1. The van der Waals surface area contributed by atoms with Crippen molar-refractivity contribution < 1.29 is 4.74 Å². The van der Waals surface area contributed by atoms with Gasteiger partial charge in [0, 0.05) is 19.6 Å². The van der Waals surface area contributed by atoms with Crippen molar-refractivity contribution >= 4 is 22.5 Å². The van der Waals surface area contributed by atoms with Gasteiger partial charge in [-0.2, -0.15) is 0 Å². The van der Waals surface area contributed by atoms with Crippen molar-refractivity contribution in [3.63, 3.8) is 0 Å². The van der Waals surface area contributed by atoms with Gasteiger partial charge in [0.05, 0.1) is 23.8 Å². The van der Waals surface area contributed by atoms with Crippen molar-refractivity contribution in [1.82, 2.24) is 10.3 Å². The first-order valence-electron chi connectivity index (χ1n) is 7.34. The highest BCUT2D eigenvalue weighted by Crippen LogP contribution is 2.27. The lowest BCUT2D eigenvalue weighted by atomic mass is 10.2. The Morgan fingerprint density at radius 1 is 1.40 bits per heavy atom. The van der Waals surface area contributed by atoms with E-state index in [-0.39, 0.29) is 0 Å². The normalized spacial score (nSPS) is 16.5. The molecule has 0 aliphatic carbocycles. The van der Waals surface area contributed by atoms with E-state index in [1.165, 1.54) is 4.88 Å². The maximum Gasteiger partial charge on any atom is 0.186 e. The highest BCUT2D eigenvalue weighted by atomic mass is 32.1. The predicted molar refractivity (Wildman–Crippen MR) is 86.6 cm³/mol. The average molecular weight is 295 g/mol. The van der Waals surface area contributed by atoms with Crippen LogP contribution in [0.3, 0.4) is 0 Å². The monoisotopic (exact) mass is 295 g/mol. The molecule has 1 aromatic rings. The summed E-state index contributed by atoms with van der Waals surface area (Å²) in [5.74, 6) is 0.696. The van der Waals surface area contributed by atoms with E-state index < -0.39 is 0 Å². The topological polar surface area (TPSA) is 37.4 Å². The van der Waals surface area contributed by atoms with Crippen LogP contribution in [0.15, 0.2) is 6.08 Å². The van der Waals surface area contributed by atoms with Gasteiger partial charge in [-0.25, -0.2) is 4.98 Å². The molecule has 0 unspecified atom stereocenters. The number of ether oxygens (including phenoxy) is 1. The lowest BCUT2D eigenvalue weighted by molar-refractivity contribution is 0.122. The maximum absolute atomic E-state index is 5.38. The molecule has 20 heavy (non-hydrogen) atoms. The fraction of sp³-hybridized carbons (Fsp3) is 0.667. The first-order valence-corrected chi connectivity index (χ1v) is 8.16. The van der Waals surface area contributed by atoms with Crippen LogP contribution in [0.1, 0.15) is 24.4 Å². The molecule has 4 nitrogen and oxygen atoms in total. The summed E-state index contributed by atoms with van der Waals surface area (Å²) in [5.41, 5.74) is 1.12. The molecule has 112 valence electrons. The van der Waals surface area contributed by atoms with Gasteiger partial charge in [-0.1, -0.05) is 31.3 Å². The number of hydrogen-bond acceptors (Lipinski definition) is 5. The molecule has 0 spiro atoms. The minimum absolute atomic E-state index is 0.696. The smallest absolute Gasteiger partial charge is 0.186 e. The minimum atomic E-state index is 0.696. The Kier molecular flexibility index (Phi) is 6.01. The molecule has 0 radical (unpaired) electrons. The first kappa shape index (κ1) is 15.5. The molecule has 0 saturated carbocycles. The molecule has 5 heteroatoms. The molecule has 0 amide bonds. The van der Waals surface area contributed by atoms with E-state index in [2.05, 4.69) is 48.1 Å². The van der Waals surface area contributed by atoms with Gasteiger partial charge in [0.2, 0.25) is 0 Å². The van der Waals surface area contributed by atoms with Crippen LogP contribution in [0.2, 0.25) is 0 Å². The zero-order valence-corrected chi connectivity index (χ0v) is 13.5. The van der Waals surface area contributed by atoms with Crippen molar-refractivity contribution in [3.8, 4) is 0 Å². The molecule has 1 aliphatic heterocycles. The molecular formula is C15H25N3OS. The highest BCUT2D eigenvalue weighted by molar-refractivity contribution is 7.16. The summed E-state index contributed by atoms with van der Waals surface area (Å²) in [6.45, 7) is 12.0. The second kappa shape index (κ2) is 7.76. The fourth-order valence-corrected chi connectivity index (χ4v) is 3.11. The standard InChI is InChI=1S/C15H25N3OS/c1-12(2)11-16-6-4-5-14-13(3)17-15(20-14)18-7-9-19-10-8-18/h4-5,12,16H,6-11H2,1-3H3. The van der Waals surface area contributed by atoms with E-state index in [1.807, 2.05) is 0 Å². The van der Waals surface area contributed by atoms with Crippen LogP contribution in [0.4, 0.5) is 5.13 Å². The van der Waals surface area contributed by atoms with Crippen molar-refractivity contribution in [2.45, 2.75) is 20.8 Å². The average Bonchev–Trinajstić information content (AvgIpc) is 2.81. The fourth-order valence-electron chi connectivity index (χ4n) is 2.06. The van der Waals surface area contributed by atoms with Gasteiger partial charge >= 0.3 is 0 Å². The van der Waals surface area contributed by atoms with Gasteiger partial charge in [-0.3, -0.25) is 0 Å². The van der Waals surface area contributed by atoms with Crippen LogP contribution in [-0.2, 0) is 4.74 Å².